The number of nitrogens with one attached hydrogen (secondary N) is 1. The van der Waals surface area contributed by atoms with Crippen LogP contribution < -0.4 is 0 Å². The van der Waals surface area contributed by atoms with E-state index in [9.17, 15) is 4.79 Å². The summed E-state index contributed by atoms with van der Waals surface area (Å²) in [7, 11) is 2.20. The minimum Gasteiger partial charge on any atom is -0.377 e. The molecular formula is C21H25N3O2. The van der Waals surface area contributed by atoms with Gasteiger partial charge >= 0.3 is 0 Å². The normalized spacial score (nSPS) is 28.7. The van der Waals surface area contributed by atoms with E-state index < -0.39 is 0 Å². The number of aromatic nitrogens is 2. The number of piperidine rings is 1. The monoisotopic (exact) mass is 351 g/mol. The summed E-state index contributed by atoms with van der Waals surface area (Å²) in [5.74, 6) is 1.41. The Morgan fingerprint density at radius 3 is 3.04 bits per heavy atom. The number of aromatic amines is 1. The summed E-state index contributed by atoms with van der Waals surface area (Å²) in [4.78, 5) is 15.3. The third-order valence-electron chi connectivity index (χ3n) is 6.57. The first kappa shape index (κ1) is 16.2. The smallest absolute Gasteiger partial charge is 0.183 e. The van der Waals surface area contributed by atoms with Crippen molar-refractivity contribution in [2.75, 3.05) is 26.8 Å². The van der Waals surface area contributed by atoms with E-state index in [0.717, 1.165) is 36.9 Å². The van der Waals surface area contributed by atoms with Gasteiger partial charge in [0, 0.05) is 24.4 Å². The van der Waals surface area contributed by atoms with Gasteiger partial charge in [-0.2, -0.15) is 5.10 Å². The topological polar surface area (TPSA) is 58.2 Å². The molecule has 2 bridgehead atoms. The highest BCUT2D eigenvalue weighted by Gasteiger charge is 2.43. The number of carbonyl (C=O) groups is 1. The molecule has 3 heterocycles. The minimum atomic E-state index is 0.189. The summed E-state index contributed by atoms with van der Waals surface area (Å²) in [5, 5.41) is 8.40. The highest BCUT2D eigenvalue weighted by Crippen LogP contribution is 2.43. The van der Waals surface area contributed by atoms with Crippen molar-refractivity contribution in [1.82, 2.24) is 15.1 Å². The molecule has 2 aromatic rings. The maximum absolute atomic E-state index is 12.9. The van der Waals surface area contributed by atoms with Crippen LogP contribution in [0.5, 0.6) is 0 Å². The van der Waals surface area contributed by atoms with Crippen molar-refractivity contribution in [3.63, 3.8) is 0 Å². The van der Waals surface area contributed by atoms with Crippen LogP contribution in [0, 0.1) is 11.8 Å². The molecule has 1 aromatic carbocycles. The van der Waals surface area contributed by atoms with Crippen LogP contribution in [0.15, 0.2) is 24.3 Å². The molecule has 2 fully saturated rings. The third-order valence-corrected chi connectivity index (χ3v) is 6.57. The van der Waals surface area contributed by atoms with Crippen molar-refractivity contribution >= 4 is 22.3 Å². The molecule has 1 saturated carbocycles. The summed E-state index contributed by atoms with van der Waals surface area (Å²) >= 11 is 0. The van der Waals surface area contributed by atoms with Crippen LogP contribution in [0.1, 0.15) is 41.7 Å². The molecule has 0 amide bonds. The Hall–Kier alpha value is -1.98. The molecule has 1 saturated heterocycles. The van der Waals surface area contributed by atoms with Gasteiger partial charge in [0.25, 0.3) is 0 Å². The highest BCUT2D eigenvalue weighted by molar-refractivity contribution is 6.06. The van der Waals surface area contributed by atoms with Gasteiger partial charge in [0.1, 0.15) is 5.69 Å². The first-order chi connectivity index (χ1) is 12.7. The first-order valence-electron chi connectivity index (χ1n) is 9.68. The fourth-order valence-corrected chi connectivity index (χ4v) is 5.09. The number of carbonyl (C=O) groups excluding carboxylic acids is 1. The molecule has 5 nitrogen and oxygen atoms in total. The van der Waals surface area contributed by atoms with Gasteiger partial charge in [-0.05, 0) is 61.4 Å². The number of hydrogen-bond acceptors (Lipinski definition) is 4. The van der Waals surface area contributed by atoms with E-state index in [4.69, 9.17) is 4.74 Å². The lowest BCUT2D eigenvalue weighted by atomic mass is 9.88. The fourth-order valence-electron chi connectivity index (χ4n) is 5.09. The second-order valence-corrected chi connectivity index (χ2v) is 8.10. The lowest BCUT2D eigenvalue weighted by Crippen LogP contribution is -2.32. The van der Waals surface area contributed by atoms with Gasteiger partial charge in [0.05, 0.1) is 18.7 Å². The molecule has 1 aliphatic carbocycles. The number of H-pyrrole nitrogens is 1. The molecule has 3 atom stereocenters. The maximum atomic E-state index is 12.9. The Morgan fingerprint density at radius 1 is 1.38 bits per heavy atom. The zero-order valence-electron chi connectivity index (χ0n) is 15.2. The van der Waals surface area contributed by atoms with E-state index in [-0.39, 0.29) is 5.78 Å². The summed E-state index contributed by atoms with van der Waals surface area (Å²) in [5.41, 5.74) is 4.07. The molecule has 5 rings (SSSR count). The van der Waals surface area contributed by atoms with Crippen LogP contribution in [0.4, 0.5) is 0 Å². The summed E-state index contributed by atoms with van der Waals surface area (Å²) < 4.78 is 5.39. The van der Waals surface area contributed by atoms with Crippen LogP contribution in [0.25, 0.3) is 16.5 Å². The van der Waals surface area contributed by atoms with Crippen molar-refractivity contribution in [1.29, 1.82) is 0 Å². The van der Waals surface area contributed by atoms with Gasteiger partial charge in [-0.3, -0.25) is 9.89 Å². The van der Waals surface area contributed by atoms with Gasteiger partial charge < -0.3 is 9.64 Å². The third kappa shape index (κ3) is 2.70. The number of fused-ring (bicyclic) bond motifs is 3. The number of rotatable bonds is 4. The lowest BCUT2D eigenvalue weighted by Gasteiger charge is -2.27. The predicted molar refractivity (Wildman–Crippen MR) is 101 cm³/mol. The Bertz CT molecular complexity index is 883. The van der Waals surface area contributed by atoms with Crippen LogP contribution in [-0.4, -0.2) is 53.7 Å². The highest BCUT2D eigenvalue weighted by atomic mass is 16.5. The predicted octanol–water partition coefficient (Wildman–Crippen LogP) is 3.28. The molecule has 0 spiro atoms. The molecule has 3 aliphatic rings. The summed E-state index contributed by atoms with van der Waals surface area (Å²) in [6.07, 6.45) is 6.14. The molecule has 5 heteroatoms. The molecule has 1 N–H and O–H groups in total. The average Bonchev–Trinajstić information content (AvgIpc) is 3.35. The standard InChI is InChI=1S/C21H25N3O2/c1-24-12-16-9-17(24)8-15(16)11-20(25)21-18-3-2-14(10-19(18)22-23-21)13-4-6-26-7-5-13/h2-4,10,15-17H,5-9,11-12H2,1H3,(H,22,23). The van der Waals surface area contributed by atoms with Gasteiger partial charge in [0.2, 0.25) is 0 Å². The van der Waals surface area contributed by atoms with Crippen molar-refractivity contribution in [2.24, 2.45) is 11.8 Å². The Morgan fingerprint density at radius 2 is 2.31 bits per heavy atom. The maximum Gasteiger partial charge on any atom is 0.183 e. The summed E-state index contributed by atoms with van der Waals surface area (Å²) in [6.45, 7) is 2.60. The van der Waals surface area contributed by atoms with Crippen molar-refractivity contribution in [3.05, 3.63) is 35.5 Å². The van der Waals surface area contributed by atoms with E-state index in [1.54, 1.807) is 0 Å². The number of likely N-dealkylation sites (tertiary alicyclic amines) is 1. The van der Waals surface area contributed by atoms with Crippen LogP contribution in [0.3, 0.4) is 0 Å². The fraction of sp³-hybridized carbons (Fsp3) is 0.524. The second kappa shape index (κ2) is 6.32. The molecule has 0 radical (unpaired) electrons. The van der Waals surface area contributed by atoms with Crippen LogP contribution in [-0.2, 0) is 4.74 Å². The number of Topliss-reactive ketones (excluding diaryl/α,β-unsaturated/α-hetero) is 1. The Labute approximate surface area is 153 Å². The number of benzene rings is 1. The average molecular weight is 351 g/mol. The number of hydrogen-bond donors (Lipinski definition) is 1. The van der Waals surface area contributed by atoms with Crippen molar-refractivity contribution in [2.45, 2.75) is 31.7 Å². The molecule has 2 aliphatic heterocycles. The van der Waals surface area contributed by atoms with E-state index >= 15 is 0 Å². The van der Waals surface area contributed by atoms with E-state index in [2.05, 4.69) is 40.4 Å². The number of nitrogens with zero attached hydrogens (tertiary/aromatic N) is 2. The largest absolute Gasteiger partial charge is 0.377 e. The van der Waals surface area contributed by atoms with Crippen molar-refractivity contribution < 1.29 is 9.53 Å². The quantitative estimate of drug-likeness (QED) is 0.859. The Balaban J connectivity index is 1.36. The molecule has 1 aromatic heterocycles. The molecule has 26 heavy (non-hydrogen) atoms. The van der Waals surface area contributed by atoms with E-state index in [1.807, 2.05) is 6.07 Å². The van der Waals surface area contributed by atoms with E-state index in [1.165, 1.54) is 17.6 Å². The molecule has 3 unspecified atom stereocenters. The zero-order valence-corrected chi connectivity index (χ0v) is 15.2. The van der Waals surface area contributed by atoms with Gasteiger partial charge in [-0.15, -0.1) is 0 Å². The van der Waals surface area contributed by atoms with Crippen LogP contribution in [0.2, 0.25) is 0 Å². The molecular weight excluding hydrogens is 326 g/mol. The molecule has 136 valence electrons. The zero-order chi connectivity index (χ0) is 17.7. The number of ether oxygens (including phenoxy) is 1. The van der Waals surface area contributed by atoms with Crippen LogP contribution >= 0.6 is 0 Å². The van der Waals surface area contributed by atoms with Gasteiger partial charge in [0.15, 0.2) is 5.78 Å². The van der Waals surface area contributed by atoms with E-state index in [0.29, 0.717) is 36.6 Å². The summed E-state index contributed by atoms with van der Waals surface area (Å²) in [6, 6.07) is 6.96. The van der Waals surface area contributed by atoms with Gasteiger partial charge in [-0.25, -0.2) is 0 Å². The second-order valence-electron chi connectivity index (χ2n) is 8.10. The van der Waals surface area contributed by atoms with Crippen molar-refractivity contribution in [3.8, 4) is 0 Å². The first-order valence-corrected chi connectivity index (χ1v) is 9.68. The van der Waals surface area contributed by atoms with Gasteiger partial charge in [-0.1, -0.05) is 12.1 Å². The number of ketones is 1. The lowest BCUT2D eigenvalue weighted by molar-refractivity contribution is 0.0927. The Kier molecular flexibility index (Phi) is 3.94. The minimum absolute atomic E-state index is 0.189. The SMILES string of the molecule is CN1CC2CC1CC2CC(=O)c1n[nH]c2cc(C3=CCOCC3)ccc12.